The third kappa shape index (κ3) is 5.89. The maximum absolute atomic E-state index is 5.41. The van der Waals surface area contributed by atoms with Crippen molar-refractivity contribution in [3.05, 3.63) is 170 Å². The Morgan fingerprint density at radius 3 is 1.49 bits per heavy atom. The topological polar surface area (TPSA) is 15.7 Å². The quantitative estimate of drug-likeness (QED) is 0.177. The van der Waals surface area contributed by atoms with Crippen LogP contribution in [0.1, 0.15) is 0 Å². The van der Waals surface area contributed by atoms with E-state index in [0.29, 0.717) is 0 Å². The van der Waals surface area contributed by atoms with E-state index < -0.39 is 0 Å². The molecule has 0 N–H and O–H groups in total. The van der Waals surface area contributed by atoms with Crippen LogP contribution in [0.25, 0.3) is 33.0 Å². The van der Waals surface area contributed by atoms with Crippen LogP contribution in [-0.2, 0) is 0 Å². The first-order valence-electron chi connectivity index (χ1n) is 15.2. The van der Waals surface area contributed by atoms with Gasteiger partial charge in [-0.05, 0) is 93.7 Å². The fraction of sp³-hybridized carbons (Fsp3) is 0.0476. The Morgan fingerprint density at radius 1 is 0.378 bits per heavy atom. The lowest BCUT2D eigenvalue weighted by Crippen LogP contribution is -2.10. The van der Waals surface area contributed by atoms with Crippen LogP contribution in [0.5, 0.6) is 5.75 Å². The summed E-state index contributed by atoms with van der Waals surface area (Å²) in [5, 5.41) is 2.45. The van der Waals surface area contributed by atoms with Crippen molar-refractivity contribution in [1.29, 1.82) is 0 Å². The van der Waals surface area contributed by atoms with Crippen molar-refractivity contribution in [1.82, 2.24) is 0 Å². The number of fused-ring (bicyclic) bond motifs is 1. The van der Waals surface area contributed by atoms with E-state index in [9.17, 15) is 0 Å². The van der Waals surface area contributed by atoms with Crippen LogP contribution in [-0.4, -0.2) is 14.2 Å². The van der Waals surface area contributed by atoms with Crippen LogP contribution >= 0.6 is 0 Å². The van der Waals surface area contributed by atoms with Crippen molar-refractivity contribution in [2.24, 2.45) is 0 Å². The molecule has 3 nitrogen and oxygen atoms in total. The lowest BCUT2D eigenvalue weighted by Gasteiger charge is -2.26. The Kier molecular flexibility index (Phi) is 7.74. The largest absolute Gasteiger partial charge is 0.497 e. The number of ether oxygens (including phenoxy) is 1. The first-order chi connectivity index (χ1) is 22.2. The third-order valence-electron chi connectivity index (χ3n) is 8.38. The molecule has 7 aromatic rings. The van der Waals surface area contributed by atoms with E-state index in [2.05, 4.69) is 169 Å². The van der Waals surface area contributed by atoms with E-state index >= 15 is 0 Å². The summed E-state index contributed by atoms with van der Waals surface area (Å²) in [6, 6.07) is 60.2. The van der Waals surface area contributed by atoms with Crippen LogP contribution in [0.2, 0.25) is 0 Å². The van der Waals surface area contributed by atoms with Crippen molar-refractivity contribution in [3.63, 3.8) is 0 Å². The number of rotatable bonds is 8. The molecule has 0 aromatic heterocycles. The molecule has 0 bridgehead atoms. The number of methoxy groups -OCH3 is 1. The number of anilines is 5. The smallest absolute Gasteiger partial charge is 0.120 e. The lowest BCUT2D eigenvalue weighted by atomic mass is 10.0. The minimum Gasteiger partial charge on any atom is -0.497 e. The zero-order valence-electron chi connectivity index (χ0n) is 25.5. The van der Waals surface area contributed by atoms with Gasteiger partial charge in [0.2, 0.25) is 0 Å². The predicted molar refractivity (Wildman–Crippen MR) is 191 cm³/mol. The normalized spacial score (nSPS) is 10.9. The van der Waals surface area contributed by atoms with Gasteiger partial charge in [0.1, 0.15) is 5.75 Å². The molecule has 0 fully saturated rings. The van der Waals surface area contributed by atoms with Crippen molar-refractivity contribution in [3.8, 4) is 28.0 Å². The maximum Gasteiger partial charge on any atom is 0.120 e. The first-order valence-corrected chi connectivity index (χ1v) is 15.2. The Labute approximate surface area is 265 Å². The van der Waals surface area contributed by atoms with E-state index in [-0.39, 0.29) is 0 Å². The van der Waals surface area contributed by atoms with Crippen LogP contribution in [0, 0.1) is 0 Å². The second-order valence-corrected chi connectivity index (χ2v) is 11.1. The Morgan fingerprint density at radius 2 is 0.889 bits per heavy atom. The number of hydrogen-bond donors (Lipinski definition) is 0. The van der Waals surface area contributed by atoms with Gasteiger partial charge in [-0.25, -0.2) is 0 Å². The highest BCUT2D eigenvalue weighted by atomic mass is 16.5. The highest BCUT2D eigenvalue weighted by molar-refractivity contribution is 5.89. The van der Waals surface area contributed by atoms with Gasteiger partial charge in [0.15, 0.2) is 0 Å². The molecule has 0 radical (unpaired) electrons. The fourth-order valence-corrected chi connectivity index (χ4v) is 5.85. The fourth-order valence-electron chi connectivity index (χ4n) is 5.85. The number of nitrogens with zero attached hydrogens (tertiary/aromatic N) is 2. The van der Waals surface area contributed by atoms with E-state index in [1.54, 1.807) is 7.11 Å². The first kappa shape index (κ1) is 28.0. The van der Waals surface area contributed by atoms with E-state index in [1.165, 1.54) is 33.0 Å². The van der Waals surface area contributed by atoms with Gasteiger partial charge in [-0.1, -0.05) is 103 Å². The van der Waals surface area contributed by atoms with Crippen molar-refractivity contribution < 1.29 is 4.74 Å². The molecule has 0 aliphatic carbocycles. The molecule has 0 saturated heterocycles. The second kappa shape index (κ2) is 12.4. The molecule has 0 saturated carbocycles. The van der Waals surface area contributed by atoms with Crippen LogP contribution in [0.15, 0.2) is 170 Å². The molecule has 3 heteroatoms. The third-order valence-corrected chi connectivity index (χ3v) is 8.38. The van der Waals surface area contributed by atoms with Gasteiger partial charge >= 0.3 is 0 Å². The second-order valence-electron chi connectivity index (χ2n) is 11.1. The molecular weight excluding hydrogens is 548 g/mol. The summed E-state index contributed by atoms with van der Waals surface area (Å²) in [6.45, 7) is 0. The summed E-state index contributed by atoms with van der Waals surface area (Å²) in [7, 11) is 3.77. The molecule has 0 unspecified atom stereocenters. The van der Waals surface area contributed by atoms with Crippen LogP contribution in [0.4, 0.5) is 28.4 Å². The van der Waals surface area contributed by atoms with Crippen molar-refractivity contribution in [2.45, 2.75) is 0 Å². The minimum absolute atomic E-state index is 0.848. The molecule has 0 atom stereocenters. The summed E-state index contributed by atoms with van der Waals surface area (Å²) >= 11 is 0. The highest BCUT2D eigenvalue weighted by Crippen LogP contribution is 2.38. The molecular formula is C42H34N2O. The van der Waals surface area contributed by atoms with Gasteiger partial charge in [-0.15, -0.1) is 0 Å². The molecule has 0 spiro atoms. The van der Waals surface area contributed by atoms with E-state index in [1.807, 2.05) is 18.2 Å². The van der Waals surface area contributed by atoms with Crippen molar-refractivity contribution in [2.75, 3.05) is 24.0 Å². The molecule has 0 aliphatic heterocycles. The van der Waals surface area contributed by atoms with Gasteiger partial charge in [0.25, 0.3) is 0 Å². The van der Waals surface area contributed by atoms with Gasteiger partial charge in [0.05, 0.1) is 7.11 Å². The molecule has 45 heavy (non-hydrogen) atoms. The summed E-state index contributed by atoms with van der Waals surface area (Å²) in [5.41, 5.74) is 10.3. The molecule has 0 amide bonds. The van der Waals surface area contributed by atoms with E-state index in [4.69, 9.17) is 4.74 Å². The molecule has 0 heterocycles. The number of benzene rings is 7. The average molecular weight is 583 g/mol. The summed E-state index contributed by atoms with van der Waals surface area (Å²) < 4.78 is 5.41. The predicted octanol–water partition coefficient (Wildman–Crippen LogP) is 11.4. The van der Waals surface area contributed by atoms with Crippen LogP contribution in [0.3, 0.4) is 0 Å². The summed E-state index contributed by atoms with van der Waals surface area (Å²) in [4.78, 5) is 4.50. The van der Waals surface area contributed by atoms with Gasteiger partial charge in [-0.3, -0.25) is 0 Å². The molecule has 0 aliphatic rings. The van der Waals surface area contributed by atoms with Gasteiger partial charge in [0, 0.05) is 41.6 Å². The monoisotopic (exact) mass is 582 g/mol. The molecule has 218 valence electrons. The Balaban J connectivity index is 1.20. The van der Waals surface area contributed by atoms with Crippen molar-refractivity contribution >= 4 is 39.2 Å². The maximum atomic E-state index is 5.41. The average Bonchev–Trinajstić information content (AvgIpc) is 3.12. The summed E-state index contributed by atoms with van der Waals surface area (Å²) in [6.07, 6.45) is 0. The molecule has 7 aromatic carbocycles. The Hall–Kier alpha value is -5.80. The zero-order valence-corrected chi connectivity index (χ0v) is 25.5. The minimum atomic E-state index is 0.848. The van der Waals surface area contributed by atoms with Crippen LogP contribution < -0.4 is 14.5 Å². The Bertz CT molecular complexity index is 2030. The SMILES string of the molecule is COc1cccc(N(C)c2ccc(-c3ccc(N(c4ccc(-c5ccccc5)cc4)c4ccc5ccccc5c4)cc3)cc2)c1. The van der Waals surface area contributed by atoms with E-state index in [0.717, 1.165) is 34.2 Å². The summed E-state index contributed by atoms with van der Waals surface area (Å²) in [5.74, 6) is 0.848. The lowest BCUT2D eigenvalue weighted by molar-refractivity contribution is 0.415. The van der Waals surface area contributed by atoms with Gasteiger partial charge < -0.3 is 14.5 Å². The number of hydrogen-bond acceptors (Lipinski definition) is 3. The standard InChI is InChI=1S/C42H34N2O/c1-43(40-13-8-14-42(30-40)45-2)37-22-15-34(16-23-37)35-19-26-39(27-20-35)44(41-28-21-32-11-6-7-12-36(32)29-41)38-24-17-33(18-25-38)31-9-4-3-5-10-31/h3-30H,1-2H3. The zero-order chi connectivity index (χ0) is 30.6. The highest BCUT2D eigenvalue weighted by Gasteiger charge is 2.14. The molecule has 7 rings (SSSR count). The van der Waals surface area contributed by atoms with Gasteiger partial charge in [-0.2, -0.15) is 0 Å².